The summed E-state index contributed by atoms with van der Waals surface area (Å²) >= 11 is 0. The summed E-state index contributed by atoms with van der Waals surface area (Å²) in [5.41, 5.74) is 0.864. The summed E-state index contributed by atoms with van der Waals surface area (Å²) in [7, 11) is 1.46. The minimum atomic E-state index is -0.960. The summed E-state index contributed by atoms with van der Waals surface area (Å²) in [6, 6.07) is 8.78. The minimum absolute atomic E-state index is 0.272. The van der Waals surface area contributed by atoms with Gasteiger partial charge in [0.15, 0.2) is 12.6 Å². The van der Waals surface area contributed by atoms with Crippen LogP contribution in [0, 0.1) is 0 Å². The fourth-order valence-electron chi connectivity index (χ4n) is 2.96. The first-order valence-corrected chi connectivity index (χ1v) is 7.55. The number of carbonyl (C=O) groups is 1. The fraction of sp³-hybridized carbons (Fsp3) is 0.562. The zero-order valence-electron chi connectivity index (χ0n) is 13.0. The average molecular weight is 323 g/mol. The van der Waals surface area contributed by atoms with Crippen molar-refractivity contribution in [2.75, 3.05) is 13.7 Å². The third-order valence-corrected chi connectivity index (χ3v) is 4.04. The molecule has 0 radical (unpaired) electrons. The molecule has 5 unspecified atom stereocenters. The first kappa shape index (κ1) is 16.4. The number of rotatable bonds is 3. The van der Waals surface area contributed by atoms with Crippen LogP contribution >= 0.6 is 0 Å². The van der Waals surface area contributed by atoms with Crippen molar-refractivity contribution in [3.8, 4) is 0 Å². The molecule has 1 aromatic carbocycles. The molecule has 7 nitrogen and oxygen atoms in total. The number of aliphatic hydroxyl groups excluding tert-OH is 1. The van der Waals surface area contributed by atoms with Crippen molar-refractivity contribution in [2.24, 2.45) is 0 Å². The van der Waals surface area contributed by atoms with Crippen molar-refractivity contribution >= 4 is 5.91 Å². The van der Waals surface area contributed by atoms with Gasteiger partial charge in [-0.25, -0.2) is 0 Å². The lowest BCUT2D eigenvalue weighted by Gasteiger charge is -2.47. The summed E-state index contributed by atoms with van der Waals surface area (Å²) in [5, 5.41) is 13.3. The number of methoxy groups -OCH3 is 1. The summed E-state index contributed by atoms with van der Waals surface area (Å²) in [5.74, 6) is -0.273. The summed E-state index contributed by atoms with van der Waals surface area (Å²) in [6.45, 7) is 1.65. The molecule has 7 heteroatoms. The SMILES string of the molecule is COC1OC2COC(c3ccccc3)O[C@@H]2C(O)C1NC(C)=O. The van der Waals surface area contributed by atoms with Crippen molar-refractivity contribution in [1.29, 1.82) is 0 Å². The van der Waals surface area contributed by atoms with Gasteiger partial charge < -0.3 is 29.4 Å². The quantitative estimate of drug-likeness (QED) is 0.834. The molecule has 0 bridgehead atoms. The highest BCUT2D eigenvalue weighted by atomic mass is 16.7. The molecular formula is C16H21NO6. The van der Waals surface area contributed by atoms with Gasteiger partial charge in [0.2, 0.25) is 5.91 Å². The molecule has 2 N–H and O–H groups in total. The number of aliphatic hydroxyl groups is 1. The Morgan fingerprint density at radius 3 is 2.70 bits per heavy atom. The monoisotopic (exact) mass is 323 g/mol. The first-order valence-electron chi connectivity index (χ1n) is 7.55. The molecule has 0 saturated carbocycles. The van der Waals surface area contributed by atoms with Crippen molar-refractivity contribution in [3.05, 3.63) is 35.9 Å². The van der Waals surface area contributed by atoms with Gasteiger partial charge in [0.05, 0.1) is 6.61 Å². The van der Waals surface area contributed by atoms with E-state index in [9.17, 15) is 9.90 Å². The zero-order valence-corrected chi connectivity index (χ0v) is 13.0. The van der Waals surface area contributed by atoms with Crippen LogP contribution in [0.25, 0.3) is 0 Å². The third kappa shape index (κ3) is 3.39. The van der Waals surface area contributed by atoms with Crippen molar-refractivity contribution < 1.29 is 28.8 Å². The lowest BCUT2D eigenvalue weighted by Crippen LogP contribution is -2.66. The number of ether oxygens (including phenoxy) is 4. The van der Waals surface area contributed by atoms with Gasteiger partial charge in [-0.15, -0.1) is 0 Å². The standard InChI is InChI=1S/C16H21NO6/c1-9(18)17-12-13(19)14-11(22-16(12)20-2)8-21-15(23-14)10-6-4-3-5-7-10/h3-7,11-16,19H,8H2,1-2H3,(H,17,18)/t11?,12?,13?,14-,15?,16?/m0/s1. The van der Waals surface area contributed by atoms with Gasteiger partial charge in [0, 0.05) is 19.6 Å². The highest BCUT2D eigenvalue weighted by Gasteiger charge is 2.49. The average Bonchev–Trinajstić information content (AvgIpc) is 2.57. The van der Waals surface area contributed by atoms with E-state index in [2.05, 4.69) is 5.32 Å². The number of hydrogen-bond donors (Lipinski definition) is 2. The zero-order chi connectivity index (χ0) is 16.4. The van der Waals surface area contributed by atoms with Crippen LogP contribution in [-0.2, 0) is 23.7 Å². The molecule has 2 aliphatic heterocycles. The second-order valence-corrected chi connectivity index (χ2v) is 5.67. The molecule has 3 rings (SSSR count). The van der Waals surface area contributed by atoms with Crippen molar-refractivity contribution in [3.63, 3.8) is 0 Å². The van der Waals surface area contributed by atoms with E-state index in [-0.39, 0.29) is 12.5 Å². The summed E-state index contributed by atoms with van der Waals surface area (Å²) < 4.78 is 22.6. The molecule has 0 aromatic heterocycles. The van der Waals surface area contributed by atoms with Crippen LogP contribution in [0.15, 0.2) is 30.3 Å². The van der Waals surface area contributed by atoms with Crippen LogP contribution < -0.4 is 5.32 Å². The molecule has 0 spiro atoms. The van der Waals surface area contributed by atoms with Gasteiger partial charge in [-0.1, -0.05) is 30.3 Å². The largest absolute Gasteiger partial charge is 0.388 e. The number of benzene rings is 1. The van der Waals surface area contributed by atoms with Gasteiger partial charge in [-0.3, -0.25) is 4.79 Å². The van der Waals surface area contributed by atoms with E-state index in [4.69, 9.17) is 18.9 Å². The van der Waals surface area contributed by atoms with E-state index in [0.717, 1.165) is 5.56 Å². The van der Waals surface area contributed by atoms with Gasteiger partial charge in [-0.05, 0) is 0 Å². The minimum Gasteiger partial charge on any atom is -0.388 e. The maximum atomic E-state index is 11.4. The Morgan fingerprint density at radius 2 is 2.04 bits per heavy atom. The van der Waals surface area contributed by atoms with Crippen molar-refractivity contribution in [2.45, 2.75) is 43.9 Å². The molecule has 0 aliphatic carbocycles. The number of hydrogen-bond acceptors (Lipinski definition) is 6. The molecule has 23 heavy (non-hydrogen) atoms. The molecule has 2 aliphatic rings. The highest BCUT2D eigenvalue weighted by Crippen LogP contribution is 2.34. The van der Waals surface area contributed by atoms with Gasteiger partial charge in [0.25, 0.3) is 0 Å². The molecule has 2 saturated heterocycles. The highest BCUT2D eigenvalue weighted by molar-refractivity contribution is 5.73. The summed E-state index contributed by atoms with van der Waals surface area (Å²) in [6.07, 6.45) is -3.36. The van der Waals surface area contributed by atoms with Crippen LogP contribution in [-0.4, -0.2) is 55.4 Å². The molecule has 2 heterocycles. The molecular weight excluding hydrogens is 302 g/mol. The molecule has 1 aromatic rings. The number of fused-ring (bicyclic) bond motifs is 1. The van der Waals surface area contributed by atoms with E-state index in [0.29, 0.717) is 0 Å². The lowest BCUT2D eigenvalue weighted by atomic mass is 9.95. The Balaban J connectivity index is 1.76. The Morgan fingerprint density at radius 1 is 1.30 bits per heavy atom. The van der Waals surface area contributed by atoms with Crippen LogP contribution in [0.5, 0.6) is 0 Å². The lowest BCUT2D eigenvalue weighted by molar-refractivity contribution is -0.341. The van der Waals surface area contributed by atoms with Crippen LogP contribution in [0.2, 0.25) is 0 Å². The second kappa shape index (κ2) is 6.94. The Hall–Kier alpha value is -1.51. The maximum absolute atomic E-state index is 11.4. The molecule has 2 fully saturated rings. The van der Waals surface area contributed by atoms with Crippen LogP contribution in [0.4, 0.5) is 0 Å². The summed E-state index contributed by atoms with van der Waals surface area (Å²) in [4.78, 5) is 11.4. The van der Waals surface area contributed by atoms with E-state index in [1.54, 1.807) is 0 Å². The number of nitrogens with one attached hydrogen (secondary N) is 1. The van der Waals surface area contributed by atoms with Gasteiger partial charge >= 0.3 is 0 Å². The van der Waals surface area contributed by atoms with Crippen LogP contribution in [0.3, 0.4) is 0 Å². The normalized spacial score (nSPS) is 37.0. The van der Waals surface area contributed by atoms with E-state index >= 15 is 0 Å². The van der Waals surface area contributed by atoms with E-state index in [1.807, 2.05) is 30.3 Å². The predicted octanol–water partition coefficient (Wildman–Crippen LogP) is 0.337. The van der Waals surface area contributed by atoms with Gasteiger partial charge in [-0.2, -0.15) is 0 Å². The Labute approximate surface area is 134 Å². The number of carbonyl (C=O) groups excluding carboxylic acids is 1. The van der Waals surface area contributed by atoms with Crippen LogP contribution in [0.1, 0.15) is 18.8 Å². The molecule has 6 atom stereocenters. The Kier molecular flexibility index (Phi) is 4.93. The van der Waals surface area contributed by atoms with Gasteiger partial charge in [0.1, 0.15) is 24.4 Å². The van der Waals surface area contributed by atoms with E-state index in [1.165, 1.54) is 14.0 Å². The fourth-order valence-corrected chi connectivity index (χ4v) is 2.96. The second-order valence-electron chi connectivity index (χ2n) is 5.67. The smallest absolute Gasteiger partial charge is 0.217 e. The van der Waals surface area contributed by atoms with Crippen molar-refractivity contribution in [1.82, 2.24) is 5.32 Å². The molecule has 1 amide bonds. The maximum Gasteiger partial charge on any atom is 0.217 e. The predicted molar refractivity (Wildman–Crippen MR) is 79.3 cm³/mol. The third-order valence-electron chi connectivity index (χ3n) is 4.04. The van der Waals surface area contributed by atoms with E-state index < -0.39 is 36.9 Å². The number of amides is 1. The first-order chi connectivity index (χ1) is 11.1. The molecule has 126 valence electrons. The Bertz CT molecular complexity index is 539. The topological polar surface area (TPSA) is 86.2 Å².